The molecule has 0 aliphatic heterocycles. The second-order valence-electron chi connectivity index (χ2n) is 5.53. The summed E-state index contributed by atoms with van der Waals surface area (Å²) in [4.78, 5) is 0. The molecule has 21 heavy (non-hydrogen) atoms. The first-order chi connectivity index (χ1) is 10.4. The van der Waals surface area contributed by atoms with Crippen LogP contribution < -0.4 is 0 Å². The summed E-state index contributed by atoms with van der Waals surface area (Å²) in [5.74, 6) is 0. The van der Waals surface area contributed by atoms with E-state index >= 15 is 0 Å². The Balaban J connectivity index is 2.07. The van der Waals surface area contributed by atoms with Crippen molar-refractivity contribution in [1.82, 2.24) is 4.57 Å². The van der Waals surface area contributed by atoms with Crippen LogP contribution in [-0.4, -0.2) is 4.57 Å². The third-order valence-electron chi connectivity index (χ3n) is 4.39. The van der Waals surface area contributed by atoms with Gasteiger partial charge in [0.05, 0.1) is 5.69 Å². The van der Waals surface area contributed by atoms with Crippen molar-refractivity contribution in [2.75, 3.05) is 0 Å². The highest BCUT2D eigenvalue weighted by Crippen LogP contribution is 2.36. The molecule has 0 spiro atoms. The maximum absolute atomic E-state index is 2.25. The lowest BCUT2D eigenvalue weighted by Crippen LogP contribution is -1.93. The highest BCUT2D eigenvalue weighted by atomic mass is 14.9. The fraction of sp³-hybridized carbons (Fsp3) is 0. The molecule has 0 unspecified atom stereocenters. The van der Waals surface area contributed by atoms with E-state index in [4.69, 9.17) is 0 Å². The zero-order valence-corrected chi connectivity index (χ0v) is 11.5. The molecule has 0 fully saturated rings. The molecule has 0 atom stereocenters. The summed E-state index contributed by atoms with van der Waals surface area (Å²) < 4.78 is 2.19. The van der Waals surface area contributed by atoms with Gasteiger partial charge in [0.25, 0.3) is 0 Å². The minimum Gasteiger partial charge on any atom is -0.323 e. The van der Waals surface area contributed by atoms with Crippen LogP contribution in [0.4, 0.5) is 0 Å². The maximum atomic E-state index is 2.25. The first-order valence-electron chi connectivity index (χ1n) is 7.22. The fourth-order valence-corrected chi connectivity index (χ4v) is 3.44. The molecule has 0 saturated carbocycles. The van der Waals surface area contributed by atoms with Gasteiger partial charge in [-0.1, -0.05) is 48.5 Å². The molecule has 0 aliphatic carbocycles. The summed E-state index contributed by atoms with van der Waals surface area (Å²) in [6.45, 7) is 0. The van der Waals surface area contributed by atoms with Crippen molar-refractivity contribution >= 4 is 32.3 Å². The molecule has 1 heteroatoms. The zero-order valence-electron chi connectivity index (χ0n) is 11.5. The largest absolute Gasteiger partial charge is 0.323 e. The summed E-state index contributed by atoms with van der Waals surface area (Å²) in [7, 11) is 0. The van der Waals surface area contributed by atoms with E-state index in [1.807, 2.05) is 0 Å². The lowest BCUT2D eigenvalue weighted by molar-refractivity contribution is 1.10. The van der Waals surface area contributed by atoms with Crippen molar-refractivity contribution in [2.24, 2.45) is 0 Å². The van der Waals surface area contributed by atoms with Crippen LogP contribution in [0, 0.1) is 0 Å². The first-order valence-corrected chi connectivity index (χ1v) is 7.22. The third-order valence-corrected chi connectivity index (χ3v) is 4.39. The molecule has 1 aromatic heterocycles. The van der Waals surface area contributed by atoms with Crippen molar-refractivity contribution in [3.05, 3.63) is 79.1 Å². The Hall–Kier alpha value is -2.80. The van der Waals surface area contributed by atoms with Crippen molar-refractivity contribution in [2.45, 2.75) is 0 Å². The molecule has 0 amide bonds. The predicted octanol–water partition coefficient (Wildman–Crippen LogP) is 5.37. The van der Waals surface area contributed by atoms with Crippen LogP contribution in [-0.2, 0) is 0 Å². The van der Waals surface area contributed by atoms with E-state index in [2.05, 4.69) is 83.7 Å². The topological polar surface area (TPSA) is 4.93 Å². The Morgan fingerprint density at radius 3 is 1.90 bits per heavy atom. The lowest BCUT2D eigenvalue weighted by Gasteiger charge is -2.14. The molecule has 1 nitrogen and oxygen atoms in total. The summed E-state index contributed by atoms with van der Waals surface area (Å²) in [5.41, 5.74) is 1.24. The Bertz CT molecular complexity index is 1060. The van der Waals surface area contributed by atoms with E-state index in [9.17, 15) is 0 Å². The summed E-state index contributed by atoms with van der Waals surface area (Å²) in [5, 5.41) is 8.00. The maximum Gasteiger partial charge on any atom is 0.0528 e. The number of hydrogen-bond donors (Lipinski definition) is 0. The lowest BCUT2D eigenvalue weighted by atomic mass is 9.93. The smallest absolute Gasteiger partial charge is 0.0528 e. The van der Waals surface area contributed by atoms with Crippen molar-refractivity contribution in [3.63, 3.8) is 0 Å². The van der Waals surface area contributed by atoms with Crippen LogP contribution in [0.2, 0.25) is 0 Å². The summed E-state index contributed by atoms with van der Waals surface area (Å²) >= 11 is 0. The van der Waals surface area contributed by atoms with Crippen LogP contribution in [0.3, 0.4) is 0 Å². The van der Waals surface area contributed by atoms with Gasteiger partial charge in [0.15, 0.2) is 0 Å². The third kappa shape index (κ3) is 1.40. The molecular weight excluding hydrogens is 254 g/mol. The monoisotopic (exact) mass is 267 g/mol. The molecule has 0 N–H and O–H groups in total. The van der Waals surface area contributed by atoms with E-state index in [-0.39, 0.29) is 0 Å². The zero-order chi connectivity index (χ0) is 13.8. The molecule has 0 aliphatic rings. The number of hydrogen-bond acceptors (Lipinski definition) is 0. The first kappa shape index (κ1) is 10.9. The molecule has 0 radical (unpaired) electrons. The second kappa shape index (κ2) is 3.86. The standard InChI is InChI=1S/C20H13N/c1-2-13-21(12-1)18-11-9-16-7-6-14-4-3-5-15-8-10-17(18)20(16)19(14)15/h1-13H. The van der Waals surface area contributed by atoms with Crippen LogP contribution >= 0.6 is 0 Å². The fourth-order valence-electron chi connectivity index (χ4n) is 3.44. The van der Waals surface area contributed by atoms with Gasteiger partial charge >= 0.3 is 0 Å². The Labute approximate surface area is 122 Å². The van der Waals surface area contributed by atoms with Crippen LogP contribution in [0.5, 0.6) is 0 Å². The molecule has 0 bridgehead atoms. The average molecular weight is 267 g/mol. The Morgan fingerprint density at radius 2 is 1.14 bits per heavy atom. The van der Waals surface area contributed by atoms with Crippen molar-refractivity contribution < 1.29 is 0 Å². The van der Waals surface area contributed by atoms with Gasteiger partial charge in [-0.3, -0.25) is 0 Å². The second-order valence-corrected chi connectivity index (χ2v) is 5.53. The van der Waals surface area contributed by atoms with Crippen LogP contribution in [0.25, 0.3) is 38.0 Å². The SMILES string of the molecule is c1cc2ccc3ccc(-n4cccc4)c4ccc(c1)c2c34. The van der Waals surface area contributed by atoms with Crippen LogP contribution in [0.1, 0.15) is 0 Å². The Morgan fingerprint density at radius 1 is 0.524 bits per heavy atom. The highest BCUT2D eigenvalue weighted by Gasteiger charge is 2.10. The average Bonchev–Trinajstić information content (AvgIpc) is 3.07. The van der Waals surface area contributed by atoms with Crippen molar-refractivity contribution in [1.29, 1.82) is 0 Å². The minimum atomic E-state index is 1.24. The van der Waals surface area contributed by atoms with Crippen molar-refractivity contribution in [3.8, 4) is 5.69 Å². The molecule has 5 rings (SSSR count). The van der Waals surface area contributed by atoms with Gasteiger partial charge in [-0.05, 0) is 45.1 Å². The highest BCUT2D eigenvalue weighted by molar-refractivity contribution is 6.24. The molecular formula is C20H13N. The van der Waals surface area contributed by atoms with Gasteiger partial charge in [-0.2, -0.15) is 0 Å². The van der Waals surface area contributed by atoms with Gasteiger partial charge in [0.1, 0.15) is 0 Å². The van der Waals surface area contributed by atoms with Gasteiger partial charge in [0, 0.05) is 17.8 Å². The molecule has 5 aromatic rings. The van der Waals surface area contributed by atoms with E-state index in [0.717, 1.165) is 0 Å². The number of benzene rings is 4. The number of rotatable bonds is 1. The molecule has 0 saturated heterocycles. The molecule has 1 heterocycles. The quantitative estimate of drug-likeness (QED) is 0.360. The summed E-state index contributed by atoms with van der Waals surface area (Å²) in [6, 6.07) is 24.0. The van der Waals surface area contributed by atoms with Gasteiger partial charge < -0.3 is 4.57 Å². The number of aromatic nitrogens is 1. The predicted molar refractivity (Wildman–Crippen MR) is 89.5 cm³/mol. The summed E-state index contributed by atoms with van der Waals surface area (Å²) in [6.07, 6.45) is 4.21. The molecule has 98 valence electrons. The Kier molecular flexibility index (Phi) is 2.01. The van der Waals surface area contributed by atoms with Gasteiger partial charge in [0.2, 0.25) is 0 Å². The normalized spacial score (nSPS) is 11.8. The number of nitrogens with zero attached hydrogens (tertiary/aromatic N) is 1. The van der Waals surface area contributed by atoms with Gasteiger partial charge in [-0.25, -0.2) is 0 Å². The van der Waals surface area contributed by atoms with E-state index < -0.39 is 0 Å². The van der Waals surface area contributed by atoms with Gasteiger partial charge in [-0.15, -0.1) is 0 Å². The minimum absolute atomic E-state index is 1.24. The molecule has 4 aromatic carbocycles. The van der Waals surface area contributed by atoms with E-state index in [0.29, 0.717) is 0 Å². The van der Waals surface area contributed by atoms with E-state index in [1.54, 1.807) is 0 Å². The van der Waals surface area contributed by atoms with E-state index in [1.165, 1.54) is 38.0 Å². The van der Waals surface area contributed by atoms with Crippen LogP contribution in [0.15, 0.2) is 79.1 Å².